The second-order valence-corrected chi connectivity index (χ2v) is 8.31. The zero-order valence-corrected chi connectivity index (χ0v) is 16.7. The predicted octanol–water partition coefficient (Wildman–Crippen LogP) is 2.95. The lowest BCUT2D eigenvalue weighted by Crippen LogP contribution is -2.35. The summed E-state index contributed by atoms with van der Waals surface area (Å²) in [7, 11) is -2.63. The number of carbonyl (C=O) groups is 1. The summed E-state index contributed by atoms with van der Waals surface area (Å²) in [6.45, 7) is 0.711. The van der Waals surface area contributed by atoms with Crippen molar-refractivity contribution in [2.45, 2.75) is 17.4 Å². The van der Waals surface area contributed by atoms with Crippen molar-refractivity contribution in [1.29, 1.82) is 0 Å². The molecule has 0 aromatic heterocycles. The Kier molecular flexibility index (Phi) is 6.37. The Labute approximate surface area is 171 Å². The Balaban J connectivity index is 1.90. The summed E-state index contributed by atoms with van der Waals surface area (Å²) in [5, 5.41) is 1.47. The van der Waals surface area contributed by atoms with Crippen LogP contribution in [0.15, 0.2) is 35.2 Å². The van der Waals surface area contributed by atoms with E-state index in [2.05, 4.69) is 10.0 Å². The van der Waals surface area contributed by atoms with Crippen LogP contribution in [0.1, 0.15) is 16.8 Å². The molecular formula is C18H17ClF2N2O5S. The van der Waals surface area contributed by atoms with Gasteiger partial charge >= 0.3 is 0 Å². The molecule has 0 aliphatic carbocycles. The van der Waals surface area contributed by atoms with Crippen LogP contribution in [0.4, 0.5) is 14.5 Å². The van der Waals surface area contributed by atoms with E-state index in [1.54, 1.807) is 0 Å². The third-order valence-corrected chi connectivity index (χ3v) is 6.13. The molecule has 1 saturated heterocycles. The van der Waals surface area contributed by atoms with E-state index < -0.39 is 32.6 Å². The molecule has 1 fully saturated rings. The van der Waals surface area contributed by atoms with Crippen LogP contribution in [-0.4, -0.2) is 40.7 Å². The van der Waals surface area contributed by atoms with Crippen LogP contribution in [0, 0.1) is 11.6 Å². The number of hydrogen-bond acceptors (Lipinski definition) is 5. The molecule has 2 aromatic carbocycles. The van der Waals surface area contributed by atoms with Gasteiger partial charge in [-0.1, -0.05) is 11.6 Å². The van der Waals surface area contributed by atoms with Crippen LogP contribution in [0.2, 0.25) is 5.02 Å². The molecule has 2 aromatic rings. The predicted molar refractivity (Wildman–Crippen MR) is 102 cm³/mol. The van der Waals surface area contributed by atoms with Crippen LogP contribution in [0.25, 0.3) is 0 Å². The molecule has 1 aliphatic rings. The molecule has 7 nitrogen and oxygen atoms in total. The number of amides is 1. The van der Waals surface area contributed by atoms with E-state index in [1.807, 2.05) is 0 Å². The first kappa shape index (κ1) is 21.4. The van der Waals surface area contributed by atoms with Crippen LogP contribution < -0.4 is 14.8 Å². The molecule has 0 unspecified atom stereocenters. The largest absolute Gasteiger partial charge is 0.496 e. The molecule has 1 amide bonds. The summed E-state index contributed by atoms with van der Waals surface area (Å²) in [6, 6.07) is 5.23. The summed E-state index contributed by atoms with van der Waals surface area (Å²) in [5.41, 5.74) is -0.518. The molecule has 0 bridgehead atoms. The zero-order chi connectivity index (χ0) is 21.2. The summed E-state index contributed by atoms with van der Waals surface area (Å²) < 4.78 is 65.3. The van der Waals surface area contributed by atoms with Crippen molar-refractivity contribution in [3.63, 3.8) is 0 Å². The Morgan fingerprint density at radius 2 is 2.03 bits per heavy atom. The second-order valence-electron chi connectivity index (χ2n) is 6.22. The number of benzene rings is 2. The van der Waals surface area contributed by atoms with E-state index in [0.29, 0.717) is 13.0 Å². The number of nitrogens with one attached hydrogen (secondary N) is 2. The Hall–Kier alpha value is -2.27. The highest BCUT2D eigenvalue weighted by Crippen LogP contribution is 2.28. The number of carbonyl (C=O) groups excluding carboxylic acids is 1. The molecule has 1 aliphatic heterocycles. The summed E-state index contributed by atoms with van der Waals surface area (Å²) in [5.74, 6) is -2.91. The minimum Gasteiger partial charge on any atom is -0.496 e. The number of rotatable bonds is 6. The molecule has 0 saturated carbocycles. The molecule has 29 heavy (non-hydrogen) atoms. The lowest BCUT2D eigenvalue weighted by atomic mass is 10.1. The third kappa shape index (κ3) is 4.67. The summed E-state index contributed by atoms with van der Waals surface area (Å²) in [6.07, 6.45) is 0.535. The van der Waals surface area contributed by atoms with Crippen LogP contribution in [0.3, 0.4) is 0 Å². The average Bonchev–Trinajstić information content (AvgIpc) is 3.20. The first-order valence-electron chi connectivity index (χ1n) is 8.46. The standard InChI is InChI=1S/C18H17ClF2N2O5S/c1-27-15-5-2-11(29(25,26)23-10-6-7-28-9-10)8-12(15)18(24)22-14-4-3-13(20)16(19)17(14)21/h2-5,8,10,23H,6-7,9H2,1H3,(H,22,24)/t10-/m0/s1. The fraction of sp³-hybridized carbons (Fsp3) is 0.278. The van der Waals surface area contributed by atoms with Gasteiger partial charge < -0.3 is 14.8 Å². The molecule has 1 atom stereocenters. The molecule has 1 heterocycles. The minimum atomic E-state index is -3.93. The molecule has 11 heteroatoms. The van der Waals surface area contributed by atoms with Gasteiger partial charge in [-0.15, -0.1) is 0 Å². The van der Waals surface area contributed by atoms with Gasteiger partial charge in [0.2, 0.25) is 10.0 Å². The van der Waals surface area contributed by atoms with Crippen molar-refractivity contribution in [3.05, 3.63) is 52.6 Å². The first-order valence-corrected chi connectivity index (χ1v) is 10.3. The van der Waals surface area contributed by atoms with Crippen LogP contribution in [0.5, 0.6) is 5.75 Å². The SMILES string of the molecule is COc1ccc(S(=O)(=O)N[C@H]2CCOC2)cc1C(=O)Nc1ccc(F)c(Cl)c1F. The van der Waals surface area contributed by atoms with Crippen molar-refractivity contribution < 1.29 is 31.5 Å². The van der Waals surface area contributed by atoms with E-state index in [4.69, 9.17) is 21.1 Å². The van der Waals surface area contributed by atoms with Gasteiger partial charge in [0, 0.05) is 12.6 Å². The van der Waals surface area contributed by atoms with Crippen molar-refractivity contribution in [1.82, 2.24) is 4.72 Å². The normalized spacial score (nSPS) is 16.6. The number of sulfonamides is 1. The smallest absolute Gasteiger partial charge is 0.259 e. The molecular weight excluding hydrogens is 430 g/mol. The fourth-order valence-electron chi connectivity index (χ4n) is 2.76. The number of halogens is 3. The maximum atomic E-state index is 14.1. The van der Waals surface area contributed by atoms with E-state index >= 15 is 0 Å². The van der Waals surface area contributed by atoms with E-state index in [-0.39, 0.29) is 34.5 Å². The van der Waals surface area contributed by atoms with Gasteiger partial charge in [0.1, 0.15) is 16.6 Å². The van der Waals surface area contributed by atoms with Gasteiger partial charge in [0.05, 0.1) is 29.9 Å². The fourth-order valence-corrected chi connectivity index (χ4v) is 4.20. The number of ether oxygens (including phenoxy) is 2. The van der Waals surface area contributed by atoms with E-state index in [1.165, 1.54) is 19.2 Å². The van der Waals surface area contributed by atoms with Crippen LogP contribution in [-0.2, 0) is 14.8 Å². The Bertz CT molecular complexity index is 1040. The zero-order valence-electron chi connectivity index (χ0n) is 15.2. The van der Waals surface area contributed by atoms with Crippen molar-refractivity contribution in [3.8, 4) is 5.75 Å². The lowest BCUT2D eigenvalue weighted by Gasteiger charge is -2.14. The van der Waals surface area contributed by atoms with Gasteiger partial charge in [0.25, 0.3) is 5.91 Å². The van der Waals surface area contributed by atoms with Crippen molar-refractivity contribution in [2.24, 2.45) is 0 Å². The highest BCUT2D eigenvalue weighted by molar-refractivity contribution is 7.89. The number of hydrogen-bond donors (Lipinski definition) is 2. The molecule has 2 N–H and O–H groups in total. The van der Waals surface area contributed by atoms with Gasteiger partial charge in [-0.3, -0.25) is 4.79 Å². The highest BCUT2D eigenvalue weighted by Gasteiger charge is 2.26. The minimum absolute atomic E-state index is 0.0688. The summed E-state index contributed by atoms with van der Waals surface area (Å²) in [4.78, 5) is 12.5. The van der Waals surface area contributed by atoms with Crippen LogP contribution >= 0.6 is 11.6 Å². The van der Waals surface area contributed by atoms with Crippen molar-refractivity contribution >= 4 is 33.2 Å². The van der Waals surface area contributed by atoms with Gasteiger partial charge in [-0.2, -0.15) is 0 Å². The molecule has 3 rings (SSSR count). The first-order chi connectivity index (χ1) is 13.7. The molecule has 0 radical (unpaired) electrons. The Morgan fingerprint density at radius 1 is 1.28 bits per heavy atom. The number of methoxy groups -OCH3 is 1. The van der Waals surface area contributed by atoms with Gasteiger partial charge in [-0.05, 0) is 36.8 Å². The van der Waals surface area contributed by atoms with Gasteiger partial charge in [0.15, 0.2) is 5.82 Å². The Morgan fingerprint density at radius 3 is 2.69 bits per heavy atom. The lowest BCUT2D eigenvalue weighted by molar-refractivity contribution is 0.102. The quantitative estimate of drug-likeness (QED) is 0.665. The third-order valence-electron chi connectivity index (χ3n) is 4.26. The molecule has 156 valence electrons. The van der Waals surface area contributed by atoms with Crippen molar-refractivity contribution in [2.75, 3.05) is 25.6 Å². The van der Waals surface area contributed by atoms with E-state index in [0.717, 1.165) is 18.2 Å². The second kappa shape index (κ2) is 8.62. The molecule has 0 spiro atoms. The van der Waals surface area contributed by atoms with Gasteiger partial charge in [-0.25, -0.2) is 21.9 Å². The monoisotopic (exact) mass is 446 g/mol. The maximum Gasteiger partial charge on any atom is 0.259 e. The average molecular weight is 447 g/mol. The number of anilines is 1. The summed E-state index contributed by atoms with van der Waals surface area (Å²) >= 11 is 5.51. The highest BCUT2D eigenvalue weighted by atomic mass is 35.5. The maximum absolute atomic E-state index is 14.1. The topological polar surface area (TPSA) is 93.7 Å². The van der Waals surface area contributed by atoms with E-state index in [9.17, 15) is 22.0 Å².